The molecule has 1 atom stereocenters. The lowest BCUT2D eigenvalue weighted by molar-refractivity contribution is -0.144. The number of aromatic nitrogens is 1. The van der Waals surface area contributed by atoms with E-state index in [1.54, 1.807) is 25.1 Å². The lowest BCUT2D eigenvalue weighted by Gasteiger charge is -2.13. The number of amides is 2. The summed E-state index contributed by atoms with van der Waals surface area (Å²) in [7, 11) is -3.41. The average Bonchev–Trinajstić information content (AvgIpc) is 2.86. The summed E-state index contributed by atoms with van der Waals surface area (Å²) in [5.74, 6) is -0.521. The van der Waals surface area contributed by atoms with Gasteiger partial charge in [0.1, 0.15) is 6.04 Å². The van der Waals surface area contributed by atoms with E-state index in [0.29, 0.717) is 15.9 Å². The lowest BCUT2D eigenvalue weighted by Crippen LogP contribution is -2.41. The number of hydrogen-bond donors (Lipinski definition) is 3. The minimum atomic E-state index is -3.41. The summed E-state index contributed by atoms with van der Waals surface area (Å²) >= 11 is 1.14. The molecule has 3 N–H and O–H groups in total. The fourth-order valence-corrected chi connectivity index (χ4v) is 3.63. The number of benzene rings is 1. The molecule has 0 aliphatic rings. The fourth-order valence-electron chi connectivity index (χ4n) is 1.89. The fraction of sp³-hybridized carbons (Fsp3) is 0.357. The third kappa shape index (κ3) is 5.57. The van der Waals surface area contributed by atoms with Crippen molar-refractivity contribution in [3.63, 3.8) is 0 Å². The van der Waals surface area contributed by atoms with Gasteiger partial charge in [0.15, 0.2) is 5.13 Å². The maximum absolute atomic E-state index is 11.9. The molecule has 11 heteroatoms. The van der Waals surface area contributed by atoms with E-state index in [2.05, 4.69) is 20.3 Å². The van der Waals surface area contributed by atoms with Crippen LogP contribution in [-0.4, -0.2) is 44.3 Å². The second-order valence-electron chi connectivity index (χ2n) is 5.15. The highest BCUT2D eigenvalue weighted by Crippen LogP contribution is 2.28. The molecule has 1 heterocycles. The number of fused-ring (bicyclic) bond motifs is 1. The number of nitrogens with one attached hydrogen (secondary N) is 3. The molecule has 1 aromatic carbocycles. The number of anilines is 2. The van der Waals surface area contributed by atoms with Crippen molar-refractivity contribution in [3.8, 4) is 0 Å². The van der Waals surface area contributed by atoms with E-state index in [1.807, 2.05) is 0 Å². The van der Waals surface area contributed by atoms with Gasteiger partial charge >= 0.3 is 12.0 Å². The molecule has 136 valence electrons. The zero-order chi connectivity index (χ0) is 18.6. The highest BCUT2D eigenvalue weighted by Gasteiger charge is 2.16. The second-order valence-corrected chi connectivity index (χ2v) is 7.93. The van der Waals surface area contributed by atoms with Gasteiger partial charge in [0, 0.05) is 5.69 Å². The first-order valence-electron chi connectivity index (χ1n) is 7.30. The van der Waals surface area contributed by atoms with Gasteiger partial charge in [0.05, 0.1) is 23.1 Å². The van der Waals surface area contributed by atoms with Crippen LogP contribution in [0.5, 0.6) is 0 Å². The number of carbonyl (C=O) groups is 2. The molecular formula is C14H18N4O5S2. The molecule has 0 unspecified atom stereocenters. The molecule has 0 radical (unpaired) electrons. The predicted octanol–water partition coefficient (Wildman–Crippen LogP) is 1.74. The van der Waals surface area contributed by atoms with Gasteiger partial charge in [-0.25, -0.2) is 23.0 Å². The zero-order valence-electron chi connectivity index (χ0n) is 13.8. The molecule has 0 fully saturated rings. The Hall–Kier alpha value is -2.40. The van der Waals surface area contributed by atoms with E-state index in [1.165, 1.54) is 6.92 Å². The Morgan fingerprint density at radius 2 is 2.08 bits per heavy atom. The molecule has 2 aromatic rings. The van der Waals surface area contributed by atoms with Gasteiger partial charge in [-0.2, -0.15) is 0 Å². The normalized spacial score (nSPS) is 12.4. The van der Waals surface area contributed by atoms with E-state index < -0.39 is 28.1 Å². The summed E-state index contributed by atoms with van der Waals surface area (Å²) < 4.78 is 30.3. The van der Waals surface area contributed by atoms with Crippen LogP contribution in [0.25, 0.3) is 10.2 Å². The molecular weight excluding hydrogens is 368 g/mol. The maximum atomic E-state index is 11.9. The molecule has 1 aromatic heterocycles. The number of thiazole rings is 1. The summed E-state index contributed by atoms with van der Waals surface area (Å²) in [4.78, 5) is 27.6. The third-order valence-corrected chi connectivity index (χ3v) is 4.53. The number of rotatable bonds is 6. The minimum Gasteiger partial charge on any atom is -0.464 e. The number of urea groups is 1. The van der Waals surface area contributed by atoms with Crippen LogP contribution < -0.4 is 15.4 Å². The molecule has 0 saturated heterocycles. The molecule has 0 aliphatic heterocycles. The van der Waals surface area contributed by atoms with Crippen LogP contribution in [0, 0.1) is 0 Å². The standard InChI is InChI=1S/C14H18N4O5S2/c1-4-23-12(19)8(2)15-13(20)16-9-5-6-10-11(7-9)24-14(17-10)18-25(3,21)22/h5-8H,4H2,1-3H3,(H,17,18)(H2,15,16,20)/t8-/m0/s1. The van der Waals surface area contributed by atoms with Crippen LogP contribution in [0.2, 0.25) is 0 Å². The van der Waals surface area contributed by atoms with Crippen LogP contribution >= 0.6 is 11.3 Å². The number of hydrogen-bond acceptors (Lipinski definition) is 7. The van der Waals surface area contributed by atoms with E-state index in [0.717, 1.165) is 17.6 Å². The maximum Gasteiger partial charge on any atom is 0.328 e. The van der Waals surface area contributed by atoms with Crippen LogP contribution in [0.4, 0.5) is 15.6 Å². The van der Waals surface area contributed by atoms with E-state index in [9.17, 15) is 18.0 Å². The van der Waals surface area contributed by atoms with Gasteiger partial charge in [-0.3, -0.25) is 4.72 Å². The first-order valence-corrected chi connectivity index (χ1v) is 10.0. The van der Waals surface area contributed by atoms with Crippen molar-refractivity contribution in [2.24, 2.45) is 0 Å². The summed E-state index contributed by atoms with van der Waals surface area (Å²) in [5.41, 5.74) is 1.08. The van der Waals surface area contributed by atoms with Crippen molar-refractivity contribution < 1.29 is 22.7 Å². The molecule has 0 spiro atoms. The van der Waals surface area contributed by atoms with Crippen molar-refractivity contribution in [2.75, 3.05) is 22.9 Å². The average molecular weight is 386 g/mol. The molecule has 0 aliphatic carbocycles. The molecule has 0 saturated carbocycles. The number of nitrogens with zero attached hydrogens (tertiary/aromatic N) is 1. The number of esters is 1. The lowest BCUT2D eigenvalue weighted by atomic mass is 10.3. The molecule has 9 nitrogen and oxygen atoms in total. The SMILES string of the molecule is CCOC(=O)[C@H](C)NC(=O)Nc1ccc2nc(NS(C)(=O)=O)sc2c1. The Balaban J connectivity index is 2.06. The third-order valence-electron chi connectivity index (χ3n) is 2.91. The monoisotopic (exact) mass is 386 g/mol. The zero-order valence-corrected chi connectivity index (χ0v) is 15.5. The Morgan fingerprint density at radius 3 is 2.72 bits per heavy atom. The van der Waals surface area contributed by atoms with Gasteiger partial charge in [0.2, 0.25) is 10.0 Å². The number of sulfonamides is 1. The van der Waals surface area contributed by atoms with Gasteiger partial charge in [-0.05, 0) is 32.0 Å². The highest BCUT2D eigenvalue weighted by atomic mass is 32.2. The Morgan fingerprint density at radius 1 is 1.36 bits per heavy atom. The molecule has 2 rings (SSSR count). The van der Waals surface area contributed by atoms with Crippen LogP contribution in [0.15, 0.2) is 18.2 Å². The van der Waals surface area contributed by atoms with E-state index >= 15 is 0 Å². The van der Waals surface area contributed by atoms with Gasteiger partial charge in [-0.1, -0.05) is 11.3 Å². The Labute approximate surface area is 148 Å². The second kappa shape index (κ2) is 7.66. The van der Waals surface area contributed by atoms with Gasteiger partial charge in [-0.15, -0.1) is 0 Å². The first kappa shape index (κ1) is 18.9. The van der Waals surface area contributed by atoms with Gasteiger partial charge < -0.3 is 15.4 Å². The largest absolute Gasteiger partial charge is 0.464 e. The van der Waals surface area contributed by atoms with E-state index in [4.69, 9.17) is 4.74 Å². The van der Waals surface area contributed by atoms with Crippen molar-refractivity contribution in [3.05, 3.63) is 18.2 Å². The number of carbonyl (C=O) groups excluding carboxylic acids is 2. The van der Waals surface area contributed by atoms with Crippen molar-refractivity contribution in [1.82, 2.24) is 10.3 Å². The van der Waals surface area contributed by atoms with Crippen LogP contribution in [0.1, 0.15) is 13.8 Å². The van der Waals surface area contributed by atoms with Crippen LogP contribution in [0.3, 0.4) is 0 Å². The molecule has 25 heavy (non-hydrogen) atoms. The smallest absolute Gasteiger partial charge is 0.328 e. The summed E-state index contributed by atoms with van der Waals surface area (Å²) in [6.45, 7) is 3.44. The van der Waals surface area contributed by atoms with Crippen LogP contribution in [-0.2, 0) is 19.6 Å². The quantitative estimate of drug-likeness (QED) is 0.649. The minimum absolute atomic E-state index is 0.234. The summed E-state index contributed by atoms with van der Waals surface area (Å²) in [6, 6.07) is 3.61. The topological polar surface area (TPSA) is 126 Å². The van der Waals surface area contributed by atoms with Crippen molar-refractivity contribution >= 4 is 54.4 Å². The van der Waals surface area contributed by atoms with E-state index in [-0.39, 0.29) is 11.7 Å². The molecule has 2 amide bonds. The summed E-state index contributed by atoms with van der Waals surface area (Å²) in [6.07, 6.45) is 1.04. The van der Waals surface area contributed by atoms with Crippen molar-refractivity contribution in [2.45, 2.75) is 19.9 Å². The van der Waals surface area contributed by atoms with Gasteiger partial charge in [0.25, 0.3) is 0 Å². The Bertz CT molecular complexity index is 894. The van der Waals surface area contributed by atoms with Crippen molar-refractivity contribution in [1.29, 1.82) is 0 Å². The first-order chi connectivity index (χ1) is 11.7. The highest BCUT2D eigenvalue weighted by molar-refractivity contribution is 7.92. The predicted molar refractivity (Wildman–Crippen MR) is 96.3 cm³/mol. The summed E-state index contributed by atoms with van der Waals surface area (Å²) in [5, 5.41) is 5.32. The Kier molecular flexibility index (Phi) is 5.80. The number of ether oxygens (including phenoxy) is 1. The molecule has 0 bridgehead atoms.